The number of ether oxygens (including phenoxy) is 4. The van der Waals surface area contributed by atoms with E-state index in [2.05, 4.69) is 83.7 Å². The van der Waals surface area contributed by atoms with Crippen molar-refractivity contribution in [2.24, 2.45) is 28.2 Å². The molecule has 2 aliphatic heterocycles. The van der Waals surface area contributed by atoms with E-state index in [9.17, 15) is 47.9 Å². The van der Waals surface area contributed by atoms with Gasteiger partial charge < -0.3 is 100 Å². The largest absolute Gasteiger partial charge is 0.377 e. The van der Waals surface area contributed by atoms with Crippen molar-refractivity contribution in [1.82, 2.24) is 90.0 Å². The van der Waals surface area contributed by atoms with E-state index < -0.39 is 41.4 Å². The van der Waals surface area contributed by atoms with Crippen LogP contribution in [-0.2, 0) is 85.8 Å². The van der Waals surface area contributed by atoms with Gasteiger partial charge in [0.25, 0.3) is 29.5 Å². The number of unbranched alkanes of at least 4 members (excludes halogenated alkanes) is 1. The second-order valence-electron chi connectivity index (χ2n) is 23.3. The molecular weight excluding hydrogens is 1310 g/mol. The number of nitrogens with one attached hydrogen (secondary N) is 11. The molecule has 6 aromatic rings. The Morgan fingerprint density at radius 2 is 1.11 bits per heavy atom. The van der Waals surface area contributed by atoms with Crippen LogP contribution in [0.5, 0.6) is 0 Å². The highest BCUT2D eigenvalue weighted by molar-refractivity contribution is 8.00. The Kier molecular flexibility index (Phi) is 28.9. The predicted octanol–water partition coefficient (Wildman–Crippen LogP) is 0.438. The summed E-state index contributed by atoms with van der Waals surface area (Å²) >= 11 is 1.87. The number of nitrogens with zero attached hydrogens (tertiary/aromatic N) is 11. The number of thioether (sulfide) groups is 1. The lowest BCUT2D eigenvalue weighted by molar-refractivity contribution is -0.122. The summed E-state index contributed by atoms with van der Waals surface area (Å²) in [4.78, 5) is 141. The van der Waals surface area contributed by atoms with Crippen LogP contribution in [0.3, 0.4) is 0 Å². The second kappa shape index (κ2) is 38.2. The summed E-state index contributed by atoms with van der Waals surface area (Å²) in [5.74, 6) is -2.75. The van der Waals surface area contributed by atoms with Gasteiger partial charge >= 0.3 is 6.03 Å². The highest BCUT2D eigenvalue weighted by Gasteiger charge is 2.42. The zero-order valence-electron chi connectivity index (χ0n) is 56.1. The van der Waals surface area contributed by atoms with Crippen molar-refractivity contribution in [3.63, 3.8) is 0 Å². The van der Waals surface area contributed by atoms with Crippen LogP contribution in [0.1, 0.15) is 117 Å². The molecule has 0 bridgehead atoms. The summed E-state index contributed by atoms with van der Waals surface area (Å²) in [6, 6.07) is 3.25. The molecule has 0 aromatic carbocycles. The number of aryl methyl sites for hydroxylation is 6. The highest BCUT2D eigenvalue weighted by Crippen LogP contribution is 2.33. The summed E-state index contributed by atoms with van der Waals surface area (Å²) in [6.07, 6.45) is 14.9. The number of hydrogen-bond acceptors (Lipinski definition) is 20. The first-order valence-corrected chi connectivity index (χ1v) is 33.7. The van der Waals surface area contributed by atoms with Crippen LogP contribution in [0.4, 0.5) is 27.8 Å². The Morgan fingerprint density at radius 1 is 0.545 bits per heavy atom. The molecule has 536 valence electrons. The van der Waals surface area contributed by atoms with Crippen LogP contribution in [-0.4, -0.2) is 221 Å². The zero-order chi connectivity index (χ0) is 70.6. The van der Waals surface area contributed by atoms with Gasteiger partial charge in [-0.05, 0) is 31.4 Å². The molecular formula is C62H88N22O14S. The maximum atomic E-state index is 13.9. The molecule has 36 nitrogen and oxygen atoms in total. The SMILES string of the molecule is CCCNC(=O)CCNC(=O)c1nc(NC(=O)CCNC(=O)c2cc(NC(=O)c3nc(NC(=O)CCNC(=O)c4cc(NC(=O)c5nccn5C)cn4C)cn3C)cn2CCc2cn(CCOCCOCCOCCOCCNC(=O)CCCC[C@@H]3SC[C@@H]4NC(=O)N[C@@H]43)nn2)cn1C. The minimum Gasteiger partial charge on any atom is -0.377 e. The summed E-state index contributed by atoms with van der Waals surface area (Å²) in [6.45, 7) is 6.30. The first kappa shape index (κ1) is 74.8. The van der Waals surface area contributed by atoms with Crippen molar-refractivity contribution < 1.29 is 66.9 Å². The van der Waals surface area contributed by atoms with Gasteiger partial charge in [-0.25, -0.2) is 24.4 Å². The van der Waals surface area contributed by atoms with Gasteiger partial charge in [-0.2, -0.15) is 11.8 Å². The Bertz CT molecular complexity index is 3740. The maximum absolute atomic E-state index is 13.9. The molecule has 8 heterocycles. The Hall–Kier alpha value is -9.98. The van der Waals surface area contributed by atoms with E-state index >= 15 is 0 Å². The summed E-state index contributed by atoms with van der Waals surface area (Å²) < 4.78 is 31.7. The van der Waals surface area contributed by atoms with Crippen molar-refractivity contribution in [2.75, 3.05) is 113 Å². The quantitative estimate of drug-likeness (QED) is 0.0183. The van der Waals surface area contributed by atoms with Gasteiger partial charge in [-0.15, -0.1) is 5.10 Å². The first-order valence-electron chi connectivity index (χ1n) is 32.7. The van der Waals surface area contributed by atoms with E-state index in [-0.39, 0.29) is 122 Å². The third-order valence-electron chi connectivity index (χ3n) is 15.5. The van der Waals surface area contributed by atoms with E-state index in [0.29, 0.717) is 102 Å². The molecule has 2 fully saturated rings. The molecule has 0 saturated carbocycles. The number of urea groups is 1. The molecule has 2 aliphatic rings. The van der Waals surface area contributed by atoms with Crippen molar-refractivity contribution in [2.45, 2.75) is 95.1 Å². The summed E-state index contributed by atoms with van der Waals surface area (Å²) in [5, 5.41) is 39.3. The predicted molar refractivity (Wildman–Crippen MR) is 361 cm³/mol. The van der Waals surface area contributed by atoms with E-state index in [1.807, 2.05) is 18.7 Å². The van der Waals surface area contributed by atoms with E-state index in [1.165, 1.54) is 44.4 Å². The second-order valence-corrected chi connectivity index (χ2v) is 24.5. The molecule has 99 heavy (non-hydrogen) atoms. The number of anilines is 4. The Morgan fingerprint density at radius 3 is 1.76 bits per heavy atom. The number of hydrogen-bond donors (Lipinski definition) is 11. The minimum atomic E-state index is -0.676. The number of rotatable bonds is 43. The number of imidazole rings is 3. The fourth-order valence-electron chi connectivity index (χ4n) is 10.5. The molecule has 8 rings (SSSR count). The molecule has 0 spiro atoms. The first-order chi connectivity index (χ1) is 47.8. The van der Waals surface area contributed by atoms with Crippen molar-refractivity contribution in [3.05, 3.63) is 90.1 Å². The van der Waals surface area contributed by atoms with Crippen LogP contribution < -0.4 is 58.5 Å². The monoisotopic (exact) mass is 1400 g/mol. The average Bonchev–Trinajstić information content (AvgIpc) is 1.69. The number of carbonyl (C=O) groups excluding carboxylic acids is 10. The Labute approximate surface area is 574 Å². The maximum Gasteiger partial charge on any atom is 0.315 e. The van der Waals surface area contributed by atoms with E-state index in [0.717, 1.165) is 31.4 Å². The summed E-state index contributed by atoms with van der Waals surface area (Å²) in [5.41, 5.74) is 1.55. The molecule has 11 amide bonds. The molecule has 37 heteroatoms. The third kappa shape index (κ3) is 23.6. The lowest BCUT2D eigenvalue weighted by Gasteiger charge is -2.16. The smallest absolute Gasteiger partial charge is 0.315 e. The molecule has 0 radical (unpaired) electrons. The number of carbonyl (C=O) groups is 10. The molecule has 2 saturated heterocycles. The van der Waals surface area contributed by atoms with Crippen LogP contribution in [0.15, 0.2) is 55.5 Å². The van der Waals surface area contributed by atoms with Crippen LogP contribution in [0, 0.1) is 0 Å². The normalized spacial score (nSPS) is 14.6. The molecule has 3 atom stereocenters. The zero-order valence-corrected chi connectivity index (χ0v) is 57.0. The van der Waals surface area contributed by atoms with Crippen LogP contribution in [0.25, 0.3) is 0 Å². The summed E-state index contributed by atoms with van der Waals surface area (Å²) in [7, 11) is 6.45. The number of fused-ring (bicyclic) bond motifs is 1. The standard InChI is InChI=1S/C62H88N22O14S/c1-6-15-63-50(86)11-16-68-59(91)55-74-47(37-81(55)4)72-52(88)13-18-67-58(90)45-33-42(70-61(93)56-75-48(38-82(56)5)73-51(87)12-17-66-57(89)44-32-41(34-80(44)3)69-60(92)54-65-19-22-79(54)2)35-83(45)21-14-40-36-84(78-77-40)23-25-96-27-29-98-31-30-97-28-26-95-24-20-64-49(85)10-8-7-9-46-53-43(39-99-46)71-62(94)76-53/h19,22,32-38,43,46,53H,6-18,20-21,23-31,39H2,1-5H3,(H,63,86)(H,64,85)(H,66,89)(H,67,90)(H,68,91)(H,69,92)(H,70,93)(H,72,88)(H,73,87)(H2,71,76,94)/t43-,46-,53-/m0/s1. The fraction of sp³-hybridized carbons (Fsp3) is 0.532. The van der Waals surface area contributed by atoms with Gasteiger partial charge in [-0.3, -0.25) is 43.2 Å². The average molecular weight is 1400 g/mol. The molecule has 11 N–H and O–H groups in total. The van der Waals surface area contributed by atoms with Crippen LogP contribution >= 0.6 is 11.8 Å². The third-order valence-corrected chi connectivity index (χ3v) is 17.0. The van der Waals surface area contributed by atoms with Gasteiger partial charge in [-0.1, -0.05) is 18.6 Å². The highest BCUT2D eigenvalue weighted by atomic mass is 32.2. The van der Waals surface area contributed by atoms with Gasteiger partial charge in [0, 0.05) is 154 Å². The van der Waals surface area contributed by atoms with Crippen molar-refractivity contribution in [3.8, 4) is 0 Å². The minimum absolute atomic E-state index is 0.00405. The van der Waals surface area contributed by atoms with Crippen LogP contribution in [0.2, 0.25) is 0 Å². The van der Waals surface area contributed by atoms with E-state index in [1.54, 1.807) is 66.8 Å². The van der Waals surface area contributed by atoms with Gasteiger partial charge in [0.1, 0.15) is 11.4 Å². The molecule has 0 unspecified atom stereocenters. The topological polar surface area (TPSA) is 434 Å². The number of aromatic nitrogens is 11. The van der Waals surface area contributed by atoms with Gasteiger partial charge in [0.2, 0.25) is 35.3 Å². The van der Waals surface area contributed by atoms with Crippen molar-refractivity contribution >= 4 is 94.0 Å². The van der Waals surface area contributed by atoms with E-state index in [4.69, 9.17) is 18.9 Å². The fourth-order valence-corrected chi connectivity index (χ4v) is 12.0. The molecule has 6 aromatic heterocycles. The van der Waals surface area contributed by atoms with Gasteiger partial charge in [0.05, 0.1) is 88.6 Å². The number of amides is 11. The van der Waals surface area contributed by atoms with Crippen molar-refractivity contribution in [1.29, 1.82) is 0 Å². The Balaban J connectivity index is 0.744. The lowest BCUT2D eigenvalue weighted by Crippen LogP contribution is -2.36. The van der Waals surface area contributed by atoms with Gasteiger partial charge in [0.15, 0.2) is 17.5 Å². The molecule has 0 aliphatic carbocycles. The lowest BCUT2D eigenvalue weighted by atomic mass is 10.0.